The van der Waals surface area contributed by atoms with Gasteiger partial charge in [0.15, 0.2) is 11.6 Å². The molecule has 4 rings (SSSR count). The largest absolute Gasteiger partial charge is 0.350 e. The van der Waals surface area contributed by atoms with Crippen LogP contribution < -0.4 is 10.6 Å². The van der Waals surface area contributed by atoms with Crippen LogP contribution in [0.2, 0.25) is 0 Å². The highest BCUT2D eigenvalue weighted by molar-refractivity contribution is 14.1. The van der Waals surface area contributed by atoms with E-state index in [9.17, 15) is 22.8 Å². The number of benzene rings is 2. The molecule has 182 valence electrons. The number of hydrogen-bond acceptors (Lipinski definition) is 4. The number of halogens is 5. The quantitative estimate of drug-likeness (QED) is 0.263. The Bertz CT molecular complexity index is 1100. The van der Waals surface area contributed by atoms with E-state index < -0.39 is 29.0 Å². The molecule has 0 radical (unpaired) electrons. The molecule has 2 aliphatic rings. The molecular formula is C23H23F3I2N4O2. The molecule has 0 saturated carbocycles. The molecular weight excluding hydrogens is 675 g/mol. The van der Waals surface area contributed by atoms with E-state index in [1.54, 1.807) is 6.07 Å². The molecule has 11 heteroatoms. The second-order valence-electron chi connectivity index (χ2n) is 8.37. The van der Waals surface area contributed by atoms with Gasteiger partial charge in [-0.1, -0.05) is 29.0 Å². The number of nitrogens with one attached hydrogen (secondary N) is 2. The third kappa shape index (κ3) is 5.61. The summed E-state index contributed by atoms with van der Waals surface area (Å²) in [6, 6.07) is 6.07. The van der Waals surface area contributed by atoms with Gasteiger partial charge in [-0.15, -0.1) is 0 Å². The molecule has 2 aliphatic heterocycles. The Kier molecular flexibility index (Phi) is 8.23. The van der Waals surface area contributed by atoms with Crippen molar-refractivity contribution in [1.29, 1.82) is 0 Å². The summed E-state index contributed by atoms with van der Waals surface area (Å²) in [4.78, 5) is 29.2. The van der Waals surface area contributed by atoms with E-state index >= 15 is 0 Å². The zero-order chi connectivity index (χ0) is 24.4. The Labute approximate surface area is 222 Å². The van der Waals surface area contributed by atoms with E-state index in [1.165, 1.54) is 29.5 Å². The molecule has 2 aromatic carbocycles. The van der Waals surface area contributed by atoms with Crippen molar-refractivity contribution in [2.75, 3.05) is 31.5 Å². The molecule has 0 aliphatic carbocycles. The van der Waals surface area contributed by atoms with Gasteiger partial charge in [0, 0.05) is 10.1 Å². The van der Waals surface area contributed by atoms with E-state index in [0.717, 1.165) is 32.0 Å². The highest BCUT2D eigenvalue weighted by atomic mass is 127. The summed E-state index contributed by atoms with van der Waals surface area (Å²) in [6.07, 6.45) is 3.36. The van der Waals surface area contributed by atoms with Crippen LogP contribution in [-0.4, -0.2) is 57.9 Å². The van der Waals surface area contributed by atoms with Gasteiger partial charge < -0.3 is 15.5 Å². The van der Waals surface area contributed by atoms with E-state index in [-0.39, 0.29) is 33.8 Å². The molecule has 2 heterocycles. The minimum absolute atomic E-state index is 0.0727. The first-order chi connectivity index (χ1) is 16.2. The van der Waals surface area contributed by atoms with Gasteiger partial charge in [-0.25, -0.2) is 13.2 Å². The van der Waals surface area contributed by atoms with Crippen molar-refractivity contribution in [3.8, 4) is 0 Å². The fourth-order valence-electron chi connectivity index (χ4n) is 4.09. The summed E-state index contributed by atoms with van der Waals surface area (Å²) in [5.74, 6) is -3.69. The standard InChI is InChI=1S/C23H23F3I2N4O2/c24-15-6-5-14(21(20(15)26)30-17-7-4-13(27)10-16(17)25)23(34)32-11-18(22(32)28)29-19(33)12-31-8-2-1-3-9-31/h4-7,10,18,22,30H,1-3,8-9,11-12H2,(H,29,33). The summed E-state index contributed by atoms with van der Waals surface area (Å²) in [5, 5.41) is 5.50. The van der Waals surface area contributed by atoms with E-state index in [0.29, 0.717) is 10.1 Å². The van der Waals surface area contributed by atoms with Crippen LogP contribution in [0.15, 0.2) is 30.3 Å². The lowest BCUT2D eigenvalue weighted by atomic mass is 10.0. The van der Waals surface area contributed by atoms with Crippen LogP contribution in [0.3, 0.4) is 0 Å². The van der Waals surface area contributed by atoms with Crippen LogP contribution in [0, 0.1) is 21.0 Å². The average Bonchev–Trinajstić information content (AvgIpc) is 2.81. The monoisotopic (exact) mass is 698 g/mol. The SMILES string of the molecule is O=C(CN1CCCCC1)NC1CN(C(=O)c2ccc(F)c(F)c2Nc2ccc(I)cc2F)C1I. The summed E-state index contributed by atoms with van der Waals surface area (Å²) >= 11 is 3.99. The van der Waals surface area contributed by atoms with Gasteiger partial charge in [0.25, 0.3) is 5.91 Å². The Balaban J connectivity index is 1.45. The van der Waals surface area contributed by atoms with Crippen LogP contribution >= 0.6 is 45.2 Å². The first-order valence-corrected chi connectivity index (χ1v) is 13.2. The normalized spacial score (nSPS) is 20.6. The smallest absolute Gasteiger partial charge is 0.257 e. The molecule has 2 unspecified atom stereocenters. The van der Waals surface area contributed by atoms with Gasteiger partial charge in [0.05, 0.1) is 29.5 Å². The average molecular weight is 698 g/mol. The number of nitrogens with zero attached hydrogens (tertiary/aromatic N) is 2. The van der Waals surface area contributed by atoms with Crippen molar-refractivity contribution in [3.05, 3.63) is 56.9 Å². The van der Waals surface area contributed by atoms with Gasteiger partial charge in [0.2, 0.25) is 5.91 Å². The second-order valence-corrected chi connectivity index (χ2v) is 10.9. The second kappa shape index (κ2) is 11.0. The Morgan fingerprint density at radius 2 is 1.76 bits per heavy atom. The molecule has 0 spiro atoms. The fourth-order valence-corrected chi connectivity index (χ4v) is 5.43. The number of amides is 2. The Morgan fingerprint density at radius 3 is 2.44 bits per heavy atom. The van der Waals surface area contributed by atoms with Gasteiger partial charge in [-0.3, -0.25) is 14.5 Å². The van der Waals surface area contributed by atoms with Crippen LogP contribution in [0.5, 0.6) is 0 Å². The zero-order valence-electron chi connectivity index (χ0n) is 18.1. The molecule has 34 heavy (non-hydrogen) atoms. The summed E-state index contributed by atoms with van der Waals surface area (Å²) in [5.41, 5.74) is -0.612. The number of carbonyl (C=O) groups is 2. The maximum absolute atomic E-state index is 14.7. The van der Waals surface area contributed by atoms with Crippen molar-refractivity contribution >= 4 is 68.4 Å². The van der Waals surface area contributed by atoms with Crippen molar-refractivity contribution in [2.45, 2.75) is 29.4 Å². The molecule has 6 nitrogen and oxygen atoms in total. The highest BCUT2D eigenvalue weighted by Gasteiger charge is 2.42. The van der Waals surface area contributed by atoms with Crippen molar-refractivity contribution in [3.63, 3.8) is 0 Å². The zero-order valence-corrected chi connectivity index (χ0v) is 22.4. The van der Waals surface area contributed by atoms with E-state index in [1.807, 2.05) is 22.6 Å². The molecule has 2 N–H and O–H groups in total. The predicted octanol–water partition coefficient (Wildman–Crippen LogP) is 4.64. The summed E-state index contributed by atoms with van der Waals surface area (Å²) in [7, 11) is 0. The Hall–Kier alpha value is -1.61. The summed E-state index contributed by atoms with van der Waals surface area (Å²) < 4.78 is 43.2. The molecule has 0 bridgehead atoms. The number of anilines is 2. The highest BCUT2D eigenvalue weighted by Crippen LogP contribution is 2.33. The number of carbonyl (C=O) groups excluding carboxylic acids is 2. The van der Waals surface area contributed by atoms with E-state index in [2.05, 4.69) is 38.1 Å². The topological polar surface area (TPSA) is 64.7 Å². The maximum atomic E-state index is 14.7. The lowest BCUT2D eigenvalue weighted by Gasteiger charge is -2.45. The van der Waals surface area contributed by atoms with Crippen molar-refractivity contribution in [1.82, 2.24) is 15.1 Å². The third-order valence-electron chi connectivity index (χ3n) is 5.96. The van der Waals surface area contributed by atoms with Crippen LogP contribution in [0.25, 0.3) is 0 Å². The van der Waals surface area contributed by atoms with Gasteiger partial charge >= 0.3 is 0 Å². The van der Waals surface area contributed by atoms with Gasteiger partial charge in [-0.2, -0.15) is 0 Å². The number of piperidine rings is 1. The van der Waals surface area contributed by atoms with Crippen molar-refractivity contribution in [2.24, 2.45) is 0 Å². The molecule has 2 saturated heterocycles. The van der Waals surface area contributed by atoms with Gasteiger partial charge in [-0.05, 0) is 78.9 Å². The first kappa shape index (κ1) is 25.5. The minimum Gasteiger partial charge on any atom is -0.350 e. The molecule has 0 aromatic heterocycles. The number of likely N-dealkylation sites (tertiary alicyclic amines) is 2. The van der Waals surface area contributed by atoms with Gasteiger partial charge in [0.1, 0.15) is 9.87 Å². The van der Waals surface area contributed by atoms with Crippen LogP contribution in [0.1, 0.15) is 29.6 Å². The fraction of sp³-hybridized carbons (Fsp3) is 0.391. The van der Waals surface area contributed by atoms with E-state index in [4.69, 9.17) is 0 Å². The maximum Gasteiger partial charge on any atom is 0.257 e. The van der Waals surface area contributed by atoms with Crippen LogP contribution in [0.4, 0.5) is 24.5 Å². The first-order valence-electron chi connectivity index (χ1n) is 10.9. The lowest BCUT2D eigenvalue weighted by molar-refractivity contribution is -0.124. The predicted molar refractivity (Wildman–Crippen MR) is 140 cm³/mol. The molecule has 2 atom stereocenters. The minimum atomic E-state index is -1.26. The molecule has 2 amide bonds. The third-order valence-corrected chi connectivity index (χ3v) is 8.17. The number of alkyl halides is 1. The van der Waals surface area contributed by atoms with Crippen LogP contribution in [-0.2, 0) is 4.79 Å². The number of hydrogen-bond donors (Lipinski definition) is 2. The number of rotatable bonds is 6. The lowest BCUT2D eigenvalue weighted by Crippen LogP contribution is -2.66. The molecule has 2 fully saturated rings. The molecule has 2 aromatic rings. The summed E-state index contributed by atoms with van der Waals surface area (Å²) in [6.45, 7) is 2.38. The Morgan fingerprint density at radius 1 is 1.03 bits per heavy atom. The van der Waals surface area contributed by atoms with Crippen molar-refractivity contribution < 1.29 is 22.8 Å².